The molecule has 20 heteroatoms. The highest BCUT2D eigenvalue weighted by atomic mass is 79.9. The molecule has 2 saturated carbocycles. The van der Waals surface area contributed by atoms with Crippen LogP contribution in [0.2, 0.25) is 0 Å². The molecule has 0 saturated heterocycles. The molecule has 4 heterocycles. The molecule has 15 nitrogen and oxygen atoms in total. The number of phenolic OH excluding ortho intramolecular Hbond substituents is 1. The molecule has 75 heavy (non-hydrogen) atoms. The van der Waals surface area contributed by atoms with Crippen molar-refractivity contribution in [3.8, 4) is 39.9 Å². The number of nitrogens with zero attached hydrogens (tertiary/aromatic N) is 6. The molecule has 0 aliphatic heterocycles. The molecule has 4 aromatic heterocycles. The fraction of sp³-hybridized carbons (Fsp3) is 0.309. The maximum absolute atomic E-state index is 13.8. The first-order valence-electron chi connectivity index (χ1n) is 24.3. The Kier molecular flexibility index (Phi) is 15.9. The average Bonchev–Trinajstić information content (AvgIpc) is 4.26. The predicted octanol–water partition coefficient (Wildman–Crippen LogP) is 11.1. The molecule has 0 spiro atoms. The van der Waals surface area contributed by atoms with E-state index in [1.54, 1.807) is 22.8 Å². The quantitative estimate of drug-likeness (QED) is 0.0418. The monoisotopic (exact) mass is 1090 g/mol. The molecule has 10 rings (SSSR count). The minimum Gasteiger partial charge on any atom is -0.508 e. The number of ether oxygens (including phenoxy) is 1. The van der Waals surface area contributed by atoms with Gasteiger partial charge < -0.3 is 37.3 Å². The van der Waals surface area contributed by atoms with Crippen molar-refractivity contribution >= 4 is 50.3 Å². The van der Waals surface area contributed by atoms with Crippen LogP contribution >= 0.6 is 15.9 Å². The first kappa shape index (κ1) is 53.9. The Hall–Kier alpha value is -7.42. The number of nitrogens with one attached hydrogen (secondary N) is 3. The number of fused-ring (bicyclic) bond motifs is 2. The summed E-state index contributed by atoms with van der Waals surface area (Å²) in [5, 5.41) is 27.3. The molecule has 1 amide bonds. The number of nitrogens with two attached hydrogens (primary N) is 2. The standard InChI is InChI=1S/C27H28F2N6O2.C22H26BrN5O.C6H4F2O/c1-15-10-16(4-8-19(15)26(36)33-17-5-6-17)23-13-31-25-22(32-14-27(2,3)30)12-24(34-35(23)25)37-18-7-9-20(28)21(29)11-18;1-13-8-15(6-7-16(13)19(29)9-14-4-5-14)18-11-25-21-17(26-12-22(2,3)24)10-20(23)27-28(18)21;7-5-2-1-4(9)3-6(5)8/h4,7-13,17,32H,5-6,14,30H2,1-3H3,(H,33,36);6-8,10-11,14,26H,4-5,9,12,24H2,1-3H3;1-3,9H. The molecule has 0 bridgehead atoms. The third kappa shape index (κ3) is 14.1. The maximum Gasteiger partial charge on any atom is 0.251 e. The lowest BCUT2D eigenvalue weighted by molar-refractivity contribution is 0.0948. The van der Waals surface area contributed by atoms with E-state index in [4.69, 9.17) is 21.3 Å². The number of benzene rings is 4. The number of ketones is 1. The molecule has 2 aliphatic carbocycles. The number of aromatic nitrogens is 6. The van der Waals surface area contributed by atoms with Gasteiger partial charge in [0.1, 0.15) is 16.1 Å². The van der Waals surface area contributed by atoms with Crippen LogP contribution in [-0.4, -0.2) is 76.2 Å². The van der Waals surface area contributed by atoms with Crippen molar-refractivity contribution < 1.29 is 37.0 Å². The van der Waals surface area contributed by atoms with Gasteiger partial charge in [-0.15, -0.1) is 5.10 Å². The van der Waals surface area contributed by atoms with Gasteiger partial charge in [0.2, 0.25) is 5.88 Å². The van der Waals surface area contributed by atoms with Crippen molar-refractivity contribution in [3.05, 3.63) is 147 Å². The third-order valence-electron chi connectivity index (χ3n) is 12.0. The molecular formula is C55H58BrF4N11O4. The highest BCUT2D eigenvalue weighted by molar-refractivity contribution is 9.10. The van der Waals surface area contributed by atoms with Gasteiger partial charge in [-0.2, -0.15) is 5.10 Å². The molecule has 0 unspecified atom stereocenters. The van der Waals surface area contributed by atoms with Gasteiger partial charge in [0.05, 0.1) is 35.2 Å². The summed E-state index contributed by atoms with van der Waals surface area (Å²) in [6.45, 7) is 12.6. The molecule has 8 N–H and O–H groups in total. The second-order valence-electron chi connectivity index (χ2n) is 20.4. The third-order valence-corrected chi connectivity index (χ3v) is 12.4. The lowest BCUT2D eigenvalue weighted by Crippen LogP contribution is -2.39. The SMILES string of the molecule is Cc1cc(-c2cnc3c(NCC(C)(C)N)cc(Br)nn23)ccc1C(=O)CC1CC1.Cc1cc(-c2cnc3c(NCC(C)(C)N)cc(Oc4ccc(F)c(F)c4)nn23)ccc1C(=O)NC1CC1.Oc1ccc(F)c(F)c1. The van der Waals surface area contributed by atoms with Gasteiger partial charge in [0.25, 0.3) is 5.91 Å². The summed E-state index contributed by atoms with van der Waals surface area (Å²) in [7, 11) is 0. The van der Waals surface area contributed by atoms with Crippen LogP contribution in [0.3, 0.4) is 0 Å². The van der Waals surface area contributed by atoms with Gasteiger partial charge in [-0.3, -0.25) is 9.59 Å². The fourth-order valence-electron chi connectivity index (χ4n) is 7.78. The van der Waals surface area contributed by atoms with E-state index in [1.165, 1.54) is 18.9 Å². The summed E-state index contributed by atoms with van der Waals surface area (Å²) in [5.41, 5.74) is 20.7. The number of Topliss-reactive ketones (excluding diaryl/α,β-unsaturated/α-hetero) is 1. The Morgan fingerprint density at radius 2 is 1.23 bits per heavy atom. The number of aryl methyl sites for hydroxylation is 2. The minimum atomic E-state index is -1.03. The van der Waals surface area contributed by atoms with Crippen molar-refractivity contribution in [3.63, 3.8) is 0 Å². The van der Waals surface area contributed by atoms with Crippen molar-refractivity contribution in [2.45, 2.75) is 90.8 Å². The zero-order valence-corrected chi connectivity index (χ0v) is 43.8. The topological polar surface area (TPSA) is 212 Å². The summed E-state index contributed by atoms with van der Waals surface area (Å²) in [4.78, 5) is 34.2. The van der Waals surface area contributed by atoms with Crippen molar-refractivity contribution in [1.82, 2.24) is 34.5 Å². The van der Waals surface area contributed by atoms with Crippen LogP contribution < -0.4 is 32.2 Å². The molecule has 4 aromatic carbocycles. The molecular weight excluding hydrogens is 1030 g/mol. The van der Waals surface area contributed by atoms with Crippen LogP contribution in [0, 0.1) is 43.0 Å². The number of hydrogen-bond acceptors (Lipinski definition) is 12. The van der Waals surface area contributed by atoms with E-state index >= 15 is 0 Å². The molecule has 0 atom stereocenters. The lowest BCUT2D eigenvalue weighted by Gasteiger charge is -2.20. The smallest absolute Gasteiger partial charge is 0.251 e. The van der Waals surface area contributed by atoms with E-state index in [-0.39, 0.29) is 40.7 Å². The second kappa shape index (κ2) is 22.2. The number of rotatable bonds is 15. The maximum atomic E-state index is 13.8. The number of hydrogen-bond donors (Lipinski definition) is 6. The highest BCUT2D eigenvalue weighted by Crippen LogP contribution is 2.35. The van der Waals surface area contributed by atoms with Crippen LogP contribution in [0.25, 0.3) is 33.8 Å². The van der Waals surface area contributed by atoms with Crippen LogP contribution in [0.5, 0.6) is 17.4 Å². The molecule has 392 valence electrons. The first-order chi connectivity index (χ1) is 35.5. The van der Waals surface area contributed by atoms with E-state index in [9.17, 15) is 27.2 Å². The number of carbonyl (C=O) groups is 2. The van der Waals surface area contributed by atoms with Crippen LogP contribution in [0.15, 0.2) is 102 Å². The summed E-state index contributed by atoms with van der Waals surface area (Å²) in [6, 6.07) is 21.3. The van der Waals surface area contributed by atoms with Gasteiger partial charge in [-0.1, -0.05) is 18.2 Å². The first-order valence-corrected chi connectivity index (χ1v) is 25.1. The van der Waals surface area contributed by atoms with E-state index in [1.807, 2.05) is 88.7 Å². The number of anilines is 2. The normalized spacial score (nSPS) is 13.4. The van der Waals surface area contributed by atoms with Gasteiger partial charge in [-0.25, -0.2) is 36.6 Å². The van der Waals surface area contributed by atoms with Gasteiger partial charge in [0, 0.05) is 77.1 Å². The van der Waals surface area contributed by atoms with Gasteiger partial charge in [0.15, 0.2) is 40.3 Å². The van der Waals surface area contributed by atoms with Crippen LogP contribution in [0.4, 0.5) is 28.9 Å². The summed E-state index contributed by atoms with van der Waals surface area (Å²) >= 11 is 3.49. The Labute approximate surface area is 439 Å². The fourth-order valence-corrected chi connectivity index (χ4v) is 8.17. The Morgan fingerprint density at radius 1 is 0.693 bits per heavy atom. The number of phenols is 1. The molecule has 8 aromatic rings. The van der Waals surface area contributed by atoms with Gasteiger partial charge in [-0.05, 0) is 149 Å². The predicted molar refractivity (Wildman–Crippen MR) is 284 cm³/mol. The lowest BCUT2D eigenvalue weighted by atomic mass is 9.98. The molecule has 0 radical (unpaired) electrons. The highest BCUT2D eigenvalue weighted by Gasteiger charge is 2.27. The van der Waals surface area contributed by atoms with Crippen molar-refractivity contribution in [1.29, 1.82) is 0 Å². The molecule has 2 fully saturated rings. The summed E-state index contributed by atoms with van der Waals surface area (Å²) in [6.07, 6.45) is 8.56. The Morgan fingerprint density at radius 3 is 1.73 bits per heavy atom. The van der Waals surface area contributed by atoms with Crippen LogP contribution in [-0.2, 0) is 0 Å². The second-order valence-corrected chi connectivity index (χ2v) is 21.2. The summed E-state index contributed by atoms with van der Waals surface area (Å²) < 4.78 is 61.1. The minimum absolute atomic E-state index is 0.0825. The average molecular weight is 1090 g/mol. The Balaban J connectivity index is 0.000000174. The number of imidazole rings is 2. The number of carbonyl (C=O) groups excluding carboxylic acids is 2. The number of aromatic hydroxyl groups is 1. The zero-order chi connectivity index (χ0) is 53.9. The number of amides is 1. The van der Waals surface area contributed by atoms with Crippen molar-refractivity contribution in [2.24, 2.45) is 17.4 Å². The van der Waals surface area contributed by atoms with Crippen LogP contribution in [0.1, 0.15) is 91.6 Å². The summed E-state index contributed by atoms with van der Waals surface area (Å²) in [5.74, 6) is -3.25. The van der Waals surface area contributed by atoms with E-state index in [0.717, 1.165) is 88.0 Å². The number of halogens is 5. The van der Waals surface area contributed by atoms with Gasteiger partial charge >= 0.3 is 0 Å². The largest absolute Gasteiger partial charge is 0.508 e. The van der Waals surface area contributed by atoms with E-state index < -0.39 is 28.8 Å². The Bertz CT molecular complexity index is 3420. The van der Waals surface area contributed by atoms with E-state index in [0.29, 0.717) is 52.6 Å². The zero-order valence-electron chi connectivity index (χ0n) is 42.2. The van der Waals surface area contributed by atoms with E-state index in [2.05, 4.69) is 52.0 Å². The van der Waals surface area contributed by atoms with Crippen molar-refractivity contribution in [2.75, 3.05) is 23.7 Å². The molecule has 2 aliphatic rings.